The second-order valence-corrected chi connectivity index (χ2v) is 5.59. The number of nitrogens with one attached hydrogen (secondary N) is 1. The number of nitrogens with zero attached hydrogens (tertiary/aromatic N) is 1. The Morgan fingerprint density at radius 2 is 2.05 bits per heavy atom. The van der Waals surface area contributed by atoms with E-state index in [0.29, 0.717) is 17.1 Å². The Labute approximate surface area is 133 Å². The molecule has 0 spiro atoms. The van der Waals surface area contributed by atoms with E-state index in [-0.39, 0.29) is 5.91 Å². The SMILES string of the molecule is Cc1ccc(Cl)cc1NC(=O)C1CC(c2ccccc2)=NO1. The van der Waals surface area contributed by atoms with E-state index in [1.165, 1.54) is 0 Å². The minimum atomic E-state index is -0.617. The number of rotatable bonds is 3. The van der Waals surface area contributed by atoms with Crippen LogP contribution in [-0.4, -0.2) is 17.7 Å². The molecule has 1 aliphatic heterocycles. The minimum absolute atomic E-state index is 0.222. The third kappa shape index (κ3) is 3.12. The molecule has 1 amide bonds. The van der Waals surface area contributed by atoms with Crippen LogP contribution in [0.1, 0.15) is 17.5 Å². The highest BCUT2D eigenvalue weighted by Crippen LogP contribution is 2.22. The predicted molar refractivity (Wildman–Crippen MR) is 87.3 cm³/mol. The van der Waals surface area contributed by atoms with Crippen LogP contribution >= 0.6 is 11.6 Å². The third-order valence-corrected chi connectivity index (χ3v) is 3.76. The molecule has 2 aromatic carbocycles. The van der Waals surface area contributed by atoms with Gasteiger partial charge in [0.15, 0.2) is 0 Å². The number of hydrogen-bond acceptors (Lipinski definition) is 3. The number of aryl methyl sites for hydroxylation is 1. The Morgan fingerprint density at radius 3 is 2.82 bits per heavy atom. The first-order valence-corrected chi connectivity index (χ1v) is 7.36. The summed E-state index contributed by atoms with van der Waals surface area (Å²) in [6.07, 6.45) is -0.163. The van der Waals surface area contributed by atoms with Crippen molar-refractivity contribution in [1.29, 1.82) is 0 Å². The molecule has 1 aliphatic rings. The summed E-state index contributed by atoms with van der Waals surface area (Å²) in [6.45, 7) is 1.91. The summed E-state index contributed by atoms with van der Waals surface area (Å²) in [4.78, 5) is 17.6. The molecule has 5 heteroatoms. The first kappa shape index (κ1) is 14.6. The van der Waals surface area contributed by atoms with Crippen molar-refractivity contribution in [3.63, 3.8) is 0 Å². The minimum Gasteiger partial charge on any atom is -0.382 e. The fourth-order valence-corrected chi connectivity index (χ4v) is 2.43. The molecule has 0 radical (unpaired) electrons. The van der Waals surface area contributed by atoms with Gasteiger partial charge in [-0.05, 0) is 30.2 Å². The number of oxime groups is 1. The van der Waals surface area contributed by atoms with Crippen molar-refractivity contribution in [2.24, 2.45) is 5.16 Å². The molecule has 1 unspecified atom stereocenters. The van der Waals surface area contributed by atoms with Gasteiger partial charge in [0, 0.05) is 17.1 Å². The number of amides is 1. The molecule has 0 aromatic heterocycles. The standard InChI is InChI=1S/C17H15ClN2O2/c1-11-7-8-13(18)9-14(11)19-17(21)16-10-15(20-22-16)12-5-3-2-4-6-12/h2-9,16H,10H2,1H3,(H,19,21). The lowest BCUT2D eigenvalue weighted by molar-refractivity contribution is -0.125. The zero-order valence-electron chi connectivity index (χ0n) is 12.0. The van der Waals surface area contributed by atoms with Crippen molar-refractivity contribution < 1.29 is 9.63 Å². The van der Waals surface area contributed by atoms with Crippen molar-refractivity contribution in [2.75, 3.05) is 5.32 Å². The quantitative estimate of drug-likeness (QED) is 0.937. The Kier molecular flexibility index (Phi) is 4.11. The zero-order valence-corrected chi connectivity index (χ0v) is 12.8. The van der Waals surface area contributed by atoms with Crippen molar-refractivity contribution in [3.05, 3.63) is 64.7 Å². The Morgan fingerprint density at radius 1 is 1.27 bits per heavy atom. The number of hydrogen-bond donors (Lipinski definition) is 1. The van der Waals surface area contributed by atoms with E-state index in [4.69, 9.17) is 16.4 Å². The van der Waals surface area contributed by atoms with Gasteiger partial charge >= 0.3 is 0 Å². The lowest BCUT2D eigenvalue weighted by atomic mass is 10.0. The highest BCUT2D eigenvalue weighted by molar-refractivity contribution is 6.31. The van der Waals surface area contributed by atoms with Gasteiger partial charge in [0.2, 0.25) is 6.10 Å². The number of halogens is 1. The highest BCUT2D eigenvalue weighted by Gasteiger charge is 2.29. The van der Waals surface area contributed by atoms with Gasteiger partial charge in [-0.15, -0.1) is 0 Å². The molecule has 1 heterocycles. The van der Waals surface area contributed by atoms with Gasteiger partial charge in [-0.3, -0.25) is 4.79 Å². The normalized spacial score (nSPS) is 16.8. The molecule has 0 saturated heterocycles. The van der Waals surface area contributed by atoms with Crippen LogP contribution in [0.15, 0.2) is 53.7 Å². The van der Waals surface area contributed by atoms with Crippen LogP contribution in [0.4, 0.5) is 5.69 Å². The Bertz CT molecular complexity index is 729. The summed E-state index contributed by atoms with van der Waals surface area (Å²) < 4.78 is 0. The Hall–Kier alpha value is -2.33. The average molecular weight is 315 g/mol. The van der Waals surface area contributed by atoms with Crippen LogP contribution in [0.5, 0.6) is 0 Å². The predicted octanol–water partition coefficient (Wildman–Crippen LogP) is 3.78. The summed E-state index contributed by atoms with van der Waals surface area (Å²) in [5.41, 5.74) is 3.38. The van der Waals surface area contributed by atoms with Crippen LogP contribution in [0.3, 0.4) is 0 Å². The van der Waals surface area contributed by atoms with E-state index < -0.39 is 6.10 Å². The van der Waals surface area contributed by atoms with Crippen LogP contribution < -0.4 is 5.32 Å². The third-order valence-electron chi connectivity index (χ3n) is 3.53. The molecule has 0 fully saturated rings. The summed E-state index contributed by atoms with van der Waals surface area (Å²) in [7, 11) is 0. The smallest absolute Gasteiger partial charge is 0.268 e. The molecule has 1 atom stereocenters. The molecule has 0 saturated carbocycles. The summed E-state index contributed by atoms with van der Waals surface area (Å²) >= 11 is 5.96. The fourth-order valence-electron chi connectivity index (χ4n) is 2.26. The molecule has 0 bridgehead atoms. The van der Waals surface area contributed by atoms with Crippen LogP contribution in [0, 0.1) is 6.92 Å². The van der Waals surface area contributed by atoms with Crippen molar-refractivity contribution in [1.82, 2.24) is 0 Å². The van der Waals surface area contributed by atoms with Crippen LogP contribution in [0.25, 0.3) is 0 Å². The molecular weight excluding hydrogens is 300 g/mol. The summed E-state index contributed by atoms with van der Waals surface area (Å²) in [6, 6.07) is 15.1. The van der Waals surface area contributed by atoms with Crippen LogP contribution in [0.2, 0.25) is 5.02 Å². The monoisotopic (exact) mass is 314 g/mol. The van der Waals surface area contributed by atoms with E-state index in [9.17, 15) is 4.79 Å². The lowest BCUT2D eigenvalue weighted by Gasteiger charge is -2.11. The average Bonchev–Trinajstić information content (AvgIpc) is 3.02. The van der Waals surface area contributed by atoms with E-state index in [0.717, 1.165) is 16.8 Å². The molecule has 3 rings (SSSR count). The van der Waals surface area contributed by atoms with Crippen molar-refractivity contribution >= 4 is 28.9 Å². The van der Waals surface area contributed by atoms with Gasteiger partial charge in [-0.2, -0.15) is 0 Å². The fraction of sp³-hybridized carbons (Fsp3) is 0.176. The first-order chi connectivity index (χ1) is 10.6. The maximum absolute atomic E-state index is 12.3. The molecular formula is C17H15ClN2O2. The lowest BCUT2D eigenvalue weighted by Crippen LogP contribution is -2.28. The number of carbonyl (C=O) groups is 1. The van der Waals surface area contributed by atoms with Crippen molar-refractivity contribution in [2.45, 2.75) is 19.4 Å². The molecule has 0 aliphatic carbocycles. The summed E-state index contributed by atoms with van der Waals surface area (Å²) in [5.74, 6) is -0.222. The second kappa shape index (κ2) is 6.20. The first-order valence-electron chi connectivity index (χ1n) is 6.98. The maximum atomic E-state index is 12.3. The second-order valence-electron chi connectivity index (χ2n) is 5.15. The molecule has 1 N–H and O–H groups in total. The topological polar surface area (TPSA) is 50.7 Å². The van der Waals surface area contributed by atoms with E-state index in [2.05, 4.69) is 10.5 Å². The molecule has 4 nitrogen and oxygen atoms in total. The molecule has 22 heavy (non-hydrogen) atoms. The largest absolute Gasteiger partial charge is 0.382 e. The Balaban J connectivity index is 1.67. The highest BCUT2D eigenvalue weighted by atomic mass is 35.5. The van der Waals surface area contributed by atoms with Gasteiger partial charge < -0.3 is 10.2 Å². The maximum Gasteiger partial charge on any atom is 0.268 e. The number of carbonyl (C=O) groups excluding carboxylic acids is 1. The van der Waals surface area contributed by atoms with Gasteiger partial charge in [0.1, 0.15) is 0 Å². The van der Waals surface area contributed by atoms with Gasteiger partial charge in [-0.25, -0.2) is 0 Å². The van der Waals surface area contributed by atoms with Gasteiger partial charge in [0.05, 0.1) is 5.71 Å². The van der Waals surface area contributed by atoms with Gasteiger partial charge in [-0.1, -0.05) is 53.2 Å². The molecule has 112 valence electrons. The zero-order chi connectivity index (χ0) is 15.5. The van der Waals surface area contributed by atoms with E-state index in [1.54, 1.807) is 12.1 Å². The van der Waals surface area contributed by atoms with Crippen LogP contribution in [-0.2, 0) is 9.63 Å². The van der Waals surface area contributed by atoms with E-state index in [1.807, 2.05) is 43.3 Å². The molecule has 2 aromatic rings. The van der Waals surface area contributed by atoms with Crippen molar-refractivity contribution in [3.8, 4) is 0 Å². The van der Waals surface area contributed by atoms with E-state index >= 15 is 0 Å². The van der Waals surface area contributed by atoms with Gasteiger partial charge in [0.25, 0.3) is 5.91 Å². The number of anilines is 1. The number of benzene rings is 2. The summed E-state index contributed by atoms with van der Waals surface area (Å²) in [5, 5.41) is 7.44.